The van der Waals surface area contributed by atoms with Crippen LogP contribution in [-0.4, -0.2) is 10.7 Å². The van der Waals surface area contributed by atoms with Crippen molar-refractivity contribution in [2.45, 2.75) is 33.2 Å². The molecule has 3 N–H and O–H groups in total. The first kappa shape index (κ1) is 12.8. The first-order valence-corrected chi connectivity index (χ1v) is 5.68. The molecule has 0 spiro atoms. The van der Waals surface area contributed by atoms with Crippen molar-refractivity contribution in [3.8, 4) is 0 Å². The fraction of sp³-hybridized carbons (Fsp3) is 0.417. The van der Waals surface area contributed by atoms with Crippen molar-refractivity contribution >= 4 is 23.0 Å². The second-order valence-corrected chi connectivity index (χ2v) is 5.23. The van der Waals surface area contributed by atoms with Gasteiger partial charge in [0.2, 0.25) is 0 Å². The molecule has 0 fully saturated rings. The maximum absolute atomic E-state index is 5.14. The zero-order valence-electron chi connectivity index (χ0n) is 10.2. The average molecular weight is 237 g/mol. The van der Waals surface area contributed by atoms with E-state index in [0.717, 1.165) is 5.69 Å². The molecular weight excluding hydrogens is 218 g/mol. The molecule has 0 aromatic heterocycles. The summed E-state index contributed by atoms with van der Waals surface area (Å²) in [6.07, 6.45) is 0. The zero-order valence-corrected chi connectivity index (χ0v) is 11.0. The predicted molar refractivity (Wildman–Crippen MR) is 73.4 cm³/mol. The van der Waals surface area contributed by atoms with E-state index in [1.54, 1.807) is 0 Å². The van der Waals surface area contributed by atoms with Gasteiger partial charge in [0.15, 0.2) is 5.11 Å². The Morgan fingerprint density at radius 1 is 1.12 bits per heavy atom. The number of hydrogen-bond donors (Lipinski definition) is 3. The van der Waals surface area contributed by atoms with E-state index >= 15 is 0 Å². The minimum Gasteiger partial charge on any atom is -0.357 e. The molecule has 0 atom stereocenters. The lowest BCUT2D eigenvalue weighted by molar-refractivity contribution is 0.509. The van der Waals surface area contributed by atoms with Gasteiger partial charge in [0.05, 0.1) is 5.69 Å². The number of anilines is 1. The van der Waals surface area contributed by atoms with Crippen LogP contribution in [0.25, 0.3) is 0 Å². The molecule has 1 aromatic rings. The summed E-state index contributed by atoms with van der Waals surface area (Å²) in [5, 5.41) is 3.75. The first-order valence-electron chi connectivity index (χ1n) is 5.28. The topological polar surface area (TPSA) is 36.1 Å². The summed E-state index contributed by atoms with van der Waals surface area (Å²) in [4.78, 5) is 0. The third-order valence-corrected chi connectivity index (χ3v) is 2.06. The Labute approximate surface area is 103 Å². The Kier molecular flexibility index (Phi) is 4.12. The number of benzene rings is 1. The number of rotatable bonds is 2. The van der Waals surface area contributed by atoms with Crippen molar-refractivity contribution in [3.63, 3.8) is 0 Å². The summed E-state index contributed by atoms with van der Waals surface area (Å²) in [7, 11) is 0. The number of thiocarbonyl (C=S) groups is 1. The minimum absolute atomic E-state index is 0.0287. The highest BCUT2D eigenvalue weighted by Crippen LogP contribution is 2.06. The molecule has 0 saturated heterocycles. The molecule has 0 unspecified atom stereocenters. The lowest BCUT2D eigenvalue weighted by Crippen LogP contribution is -2.47. The normalized spacial score (nSPS) is 10.8. The van der Waals surface area contributed by atoms with Crippen molar-refractivity contribution in [2.24, 2.45) is 0 Å². The van der Waals surface area contributed by atoms with Crippen molar-refractivity contribution in [1.29, 1.82) is 0 Å². The van der Waals surface area contributed by atoms with E-state index in [2.05, 4.69) is 43.9 Å². The van der Waals surface area contributed by atoms with Crippen LogP contribution in [0.4, 0.5) is 5.69 Å². The third-order valence-electron chi connectivity index (χ3n) is 1.86. The minimum atomic E-state index is -0.0287. The van der Waals surface area contributed by atoms with Crippen LogP contribution in [0, 0.1) is 6.92 Å². The van der Waals surface area contributed by atoms with E-state index in [-0.39, 0.29) is 5.54 Å². The predicted octanol–water partition coefficient (Wildman–Crippen LogP) is 2.58. The van der Waals surface area contributed by atoms with Crippen molar-refractivity contribution in [3.05, 3.63) is 29.8 Å². The lowest BCUT2D eigenvalue weighted by Gasteiger charge is -2.23. The standard InChI is InChI=1S/C12H19N3S/c1-9-5-7-10(8-6-9)14-15-11(16)13-12(2,3)4/h5-8,14H,1-4H3,(H2,13,15,16). The molecule has 1 rings (SSSR count). The molecule has 88 valence electrons. The van der Waals surface area contributed by atoms with Crippen molar-refractivity contribution in [2.75, 3.05) is 5.43 Å². The number of hydrazine groups is 1. The second-order valence-electron chi connectivity index (χ2n) is 4.82. The van der Waals surface area contributed by atoms with Gasteiger partial charge in [-0.15, -0.1) is 0 Å². The quantitative estimate of drug-likeness (QED) is 0.546. The summed E-state index contributed by atoms with van der Waals surface area (Å²) >= 11 is 5.14. The fourth-order valence-electron chi connectivity index (χ4n) is 1.14. The van der Waals surface area contributed by atoms with Gasteiger partial charge < -0.3 is 5.32 Å². The maximum Gasteiger partial charge on any atom is 0.185 e. The Balaban J connectivity index is 2.40. The Morgan fingerprint density at radius 3 is 2.19 bits per heavy atom. The SMILES string of the molecule is Cc1ccc(NNC(=S)NC(C)(C)C)cc1. The molecule has 0 amide bonds. The third kappa shape index (κ3) is 4.98. The van der Waals surface area contributed by atoms with E-state index in [4.69, 9.17) is 12.2 Å². The highest BCUT2D eigenvalue weighted by Gasteiger charge is 2.10. The first-order chi connectivity index (χ1) is 7.37. The van der Waals surface area contributed by atoms with Gasteiger partial charge in [-0.25, -0.2) is 0 Å². The van der Waals surface area contributed by atoms with Crippen LogP contribution < -0.4 is 16.2 Å². The Hall–Kier alpha value is -1.29. The van der Waals surface area contributed by atoms with Crippen molar-refractivity contribution in [1.82, 2.24) is 10.7 Å². The van der Waals surface area contributed by atoms with Crippen LogP contribution in [0.5, 0.6) is 0 Å². The number of aryl methyl sites for hydroxylation is 1. The zero-order chi connectivity index (χ0) is 12.2. The molecule has 0 saturated carbocycles. The van der Waals surface area contributed by atoms with E-state index in [1.807, 2.05) is 24.3 Å². The molecule has 0 bridgehead atoms. The van der Waals surface area contributed by atoms with Crippen LogP contribution in [0.2, 0.25) is 0 Å². The van der Waals surface area contributed by atoms with E-state index in [1.165, 1.54) is 5.56 Å². The molecule has 4 heteroatoms. The van der Waals surface area contributed by atoms with Gasteiger partial charge in [-0.3, -0.25) is 10.9 Å². The molecular formula is C12H19N3S. The Bertz CT molecular complexity index is 352. The van der Waals surface area contributed by atoms with Crippen LogP contribution >= 0.6 is 12.2 Å². The van der Waals surface area contributed by atoms with Crippen LogP contribution in [0.3, 0.4) is 0 Å². The van der Waals surface area contributed by atoms with E-state index in [0.29, 0.717) is 5.11 Å². The molecule has 16 heavy (non-hydrogen) atoms. The second kappa shape index (κ2) is 5.16. The van der Waals surface area contributed by atoms with Gasteiger partial charge in [0.1, 0.15) is 0 Å². The number of nitrogens with one attached hydrogen (secondary N) is 3. The van der Waals surface area contributed by atoms with Crippen molar-refractivity contribution < 1.29 is 0 Å². The molecule has 0 aliphatic carbocycles. The molecule has 1 aromatic carbocycles. The summed E-state index contributed by atoms with van der Waals surface area (Å²) in [5.74, 6) is 0. The fourth-order valence-corrected chi connectivity index (χ4v) is 1.49. The molecule has 0 aliphatic heterocycles. The molecule has 0 heterocycles. The highest BCUT2D eigenvalue weighted by atomic mass is 32.1. The van der Waals surface area contributed by atoms with Crippen LogP contribution in [0.15, 0.2) is 24.3 Å². The van der Waals surface area contributed by atoms with Crippen LogP contribution in [-0.2, 0) is 0 Å². The summed E-state index contributed by atoms with van der Waals surface area (Å²) in [5.41, 5.74) is 8.18. The molecule has 3 nitrogen and oxygen atoms in total. The van der Waals surface area contributed by atoms with Crippen LogP contribution in [0.1, 0.15) is 26.3 Å². The average Bonchev–Trinajstić information content (AvgIpc) is 2.14. The van der Waals surface area contributed by atoms with E-state index < -0.39 is 0 Å². The Morgan fingerprint density at radius 2 is 1.69 bits per heavy atom. The van der Waals surface area contributed by atoms with Gasteiger partial charge in [-0.05, 0) is 52.0 Å². The van der Waals surface area contributed by atoms with Gasteiger partial charge in [0.25, 0.3) is 0 Å². The highest BCUT2D eigenvalue weighted by molar-refractivity contribution is 7.80. The van der Waals surface area contributed by atoms with Gasteiger partial charge >= 0.3 is 0 Å². The monoisotopic (exact) mass is 237 g/mol. The van der Waals surface area contributed by atoms with Gasteiger partial charge in [-0.2, -0.15) is 0 Å². The summed E-state index contributed by atoms with van der Waals surface area (Å²) in [6, 6.07) is 8.10. The molecule has 0 radical (unpaired) electrons. The van der Waals surface area contributed by atoms with Gasteiger partial charge in [-0.1, -0.05) is 17.7 Å². The summed E-state index contributed by atoms with van der Waals surface area (Å²) < 4.78 is 0. The largest absolute Gasteiger partial charge is 0.357 e. The lowest BCUT2D eigenvalue weighted by atomic mass is 10.1. The summed E-state index contributed by atoms with van der Waals surface area (Å²) in [6.45, 7) is 8.25. The van der Waals surface area contributed by atoms with Gasteiger partial charge in [0, 0.05) is 5.54 Å². The smallest absolute Gasteiger partial charge is 0.185 e. The maximum atomic E-state index is 5.14. The van der Waals surface area contributed by atoms with E-state index in [9.17, 15) is 0 Å². The molecule has 0 aliphatic rings. The number of hydrogen-bond acceptors (Lipinski definition) is 2.